The van der Waals surface area contributed by atoms with Gasteiger partial charge in [0.05, 0.1) is 0 Å². The van der Waals surface area contributed by atoms with E-state index in [9.17, 15) is 0 Å². The molecular weight excluding hydrogens is 190 g/mol. The summed E-state index contributed by atoms with van der Waals surface area (Å²) >= 11 is 0. The molecule has 1 heterocycles. The lowest BCUT2D eigenvalue weighted by Crippen LogP contribution is -2.36. The molecule has 0 radical (unpaired) electrons. The first-order valence-corrected chi connectivity index (χ1v) is 5.04. The van der Waals surface area contributed by atoms with Gasteiger partial charge in [0.1, 0.15) is 17.5 Å². The molecule has 1 aromatic heterocycles. The molecule has 1 unspecified atom stereocenters. The molecule has 5 heteroatoms. The van der Waals surface area contributed by atoms with E-state index >= 15 is 0 Å². The second kappa shape index (κ2) is 4.93. The van der Waals surface area contributed by atoms with Gasteiger partial charge in [0.2, 0.25) is 0 Å². The van der Waals surface area contributed by atoms with Crippen LogP contribution >= 0.6 is 0 Å². The molecule has 15 heavy (non-hydrogen) atoms. The predicted molar refractivity (Wildman–Crippen MR) is 63.2 cm³/mol. The largest absolute Gasteiger partial charge is 0.373 e. The summed E-state index contributed by atoms with van der Waals surface area (Å²) in [6, 6.07) is 2.18. The molecular formula is C10H19N5. The number of nitrogens with two attached hydrogens (primary N) is 1. The molecule has 1 rings (SSSR count). The van der Waals surface area contributed by atoms with Crippen molar-refractivity contribution in [2.45, 2.75) is 19.9 Å². The summed E-state index contributed by atoms with van der Waals surface area (Å²) in [6.07, 6.45) is 0. The lowest BCUT2D eigenvalue weighted by Gasteiger charge is -2.25. The Balaban J connectivity index is 2.97. The summed E-state index contributed by atoms with van der Waals surface area (Å²) < 4.78 is 0. The smallest absolute Gasteiger partial charge is 0.134 e. The van der Waals surface area contributed by atoms with Crippen molar-refractivity contribution in [1.29, 1.82) is 0 Å². The van der Waals surface area contributed by atoms with Crippen LogP contribution in [0.3, 0.4) is 0 Å². The quantitative estimate of drug-likeness (QED) is 0.760. The van der Waals surface area contributed by atoms with Crippen LogP contribution in [-0.2, 0) is 0 Å². The highest BCUT2D eigenvalue weighted by Crippen LogP contribution is 2.15. The molecule has 0 bridgehead atoms. The first-order chi connectivity index (χ1) is 7.08. The third-order valence-electron chi connectivity index (χ3n) is 2.44. The Labute approximate surface area is 90.7 Å². The molecule has 0 aliphatic heterocycles. The van der Waals surface area contributed by atoms with Crippen LogP contribution in [0.4, 0.5) is 11.6 Å². The highest BCUT2D eigenvalue weighted by atomic mass is 15.2. The summed E-state index contributed by atoms with van der Waals surface area (Å²) in [5, 5.41) is 3.01. The summed E-state index contributed by atoms with van der Waals surface area (Å²) in [5.74, 6) is 2.48. The van der Waals surface area contributed by atoms with Gasteiger partial charge in [-0.3, -0.25) is 0 Å². The topological polar surface area (TPSA) is 67.1 Å². The van der Waals surface area contributed by atoms with Crippen molar-refractivity contribution >= 4 is 11.6 Å². The fraction of sp³-hybridized carbons (Fsp3) is 0.600. The van der Waals surface area contributed by atoms with Crippen LogP contribution in [0.2, 0.25) is 0 Å². The molecule has 0 amide bonds. The SMILES string of the molecule is CNc1cc(N(C)C(C)CN)nc(C)n1. The van der Waals surface area contributed by atoms with Gasteiger partial charge in [0.15, 0.2) is 0 Å². The van der Waals surface area contributed by atoms with Gasteiger partial charge in [-0.15, -0.1) is 0 Å². The number of likely N-dealkylation sites (N-methyl/N-ethyl adjacent to an activating group) is 1. The zero-order valence-electron chi connectivity index (χ0n) is 9.78. The Morgan fingerprint density at radius 2 is 2.20 bits per heavy atom. The number of aromatic nitrogens is 2. The van der Waals surface area contributed by atoms with Crippen molar-refractivity contribution < 1.29 is 0 Å². The summed E-state index contributed by atoms with van der Waals surface area (Å²) in [5.41, 5.74) is 5.62. The average molecular weight is 209 g/mol. The molecule has 0 saturated carbocycles. The lowest BCUT2D eigenvalue weighted by molar-refractivity contribution is 0.685. The highest BCUT2D eigenvalue weighted by Gasteiger charge is 2.10. The molecule has 0 saturated heterocycles. The van der Waals surface area contributed by atoms with Crippen LogP contribution in [-0.4, -0.2) is 36.6 Å². The Kier molecular flexibility index (Phi) is 3.85. The van der Waals surface area contributed by atoms with Crippen LogP contribution < -0.4 is 16.0 Å². The Morgan fingerprint density at radius 3 is 2.73 bits per heavy atom. The monoisotopic (exact) mass is 209 g/mol. The van der Waals surface area contributed by atoms with Crippen LogP contribution in [0.5, 0.6) is 0 Å². The first-order valence-electron chi connectivity index (χ1n) is 5.04. The fourth-order valence-corrected chi connectivity index (χ4v) is 1.24. The lowest BCUT2D eigenvalue weighted by atomic mass is 10.3. The molecule has 0 aliphatic carbocycles. The number of anilines is 2. The zero-order chi connectivity index (χ0) is 11.4. The number of nitrogens with one attached hydrogen (secondary N) is 1. The molecule has 0 spiro atoms. The first kappa shape index (κ1) is 11.7. The van der Waals surface area contributed by atoms with E-state index in [2.05, 4.69) is 27.1 Å². The second-order valence-corrected chi connectivity index (χ2v) is 3.60. The summed E-state index contributed by atoms with van der Waals surface area (Å²) in [7, 11) is 3.83. The molecule has 0 fully saturated rings. The summed E-state index contributed by atoms with van der Waals surface area (Å²) in [6.45, 7) is 4.55. The van der Waals surface area contributed by atoms with Gasteiger partial charge in [-0.2, -0.15) is 0 Å². The molecule has 3 N–H and O–H groups in total. The zero-order valence-corrected chi connectivity index (χ0v) is 9.78. The Hall–Kier alpha value is -1.36. The van der Waals surface area contributed by atoms with Gasteiger partial charge in [-0.1, -0.05) is 0 Å². The number of aryl methyl sites for hydroxylation is 1. The van der Waals surface area contributed by atoms with Crippen molar-refractivity contribution in [1.82, 2.24) is 9.97 Å². The highest BCUT2D eigenvalue weighted by molar-refractivity contribution is 5.49. The van der Waals surface area contributed by atoms with Crippen molar-refractivity contribution in [3.05, 3.63) is 11.9 Å². The molecule has 5 nitrogen and oxygen atoms in total. The standard InChI is InChI=1S/C10H19N5/c1-7(6-11)15(4)10-5-9(12-3)13-8(2)14-10/h5,7H,6,11H2,1-4H3,(H,12,13,14). The molecule has 1 aromatic rings. The van der Waals surface area contributed by atoms with Gasteiger partial charge in [-0.05, 0) is 13.8 Å². The van der Waals surface area contributed by atoms with Gasteiger partial charge in [0, 0.05) is 32.7 Å². The van der Waals surface area contributed by atoms with E-state index in [1.165, 1.54) is 0 Å². The average Bonchev–Trinajstić information content (AvgIpc) is 2.26. The maximum Gasteiger partial charge on any atom is 0.134 e. The third-order valence-corrected chi connectivity index (χ3v) is 2.44. The van der Waals surface area contributed by atoms with E-state index in [1.54, 1.807) is 0 Å². The molecule has 0 aromatic carbocycles. The minimum atomic E-state index is 0.268. The van der Waals surface area contributed by atoms with E-state index in [-0.39, 0.29) is 6.04 Å². The maximum absolute atomic E-state index is 5.62. The minimum absolute atomic E-state index is 0.268. The van der Waals surface area contributed by atoms with E-state index in [0.29, 0.717) is 6.54 Å². The van der Waals surface area contributed by atoms with E-state index < -0.39 is 0 Å². The number of nitrogens with zero attached hydrogens (tertiary/aromatic N) is 3. The van der Waals surface area contributed by atoms with Crippen molar-refractivity contribution in [2.75, 3.05) is 30.9 Å². The predicted octanol–water partition coefficient (Wildman–Crippen LogP) is 0.610. The fourth-order valence-electron chi connectivity index (χ4n) is 1.24. The maximum atomic E-state index is 5.62. The van der Waals surface area contributed by atoms with Gasteiger partial charge < -0.3 is 16.0 Å². The van der Waals surface area contributed by atoms with Crippen LogP contribution in [0.15, 0.2) is 6.07 Å². The van der Waals surface area contributed by atoms with E-state index in [1.807, 2.05) is 27.1 Å². The van der Waals surface area contributed by atoms with Crippen LogP contribution in [0.1, 0.15) is 12.7 Å². The minimum Gasteiger partial charge on any atom is -0.373 e. The number of hydrogen-bond acceptors (Lipinski definition) is 5. The Bertz CT molecular complexity index is 326. The van der Waals surface area contributed by atoms with E-state index in [4.69, 9.17) is 5.73 Å². The van der Waals surface area contributed by atoms with Gasteiger partial charge in [-0.25, -0.2) is 9.97 Å². The van der Waals surface area contributed by atoms with Crippen molar-refractivity contribution in [2.24, 2.45) is 5.73 Å². The molecule has 84 valence electrons. The van der Waals surface area contributed by atoms with Crippen molar-refractivity contribution in [3.63, 3.8) is 0 Å². The molecule has 1 atom stereocenters. The number of rotatable bonds is 4. The third kappa shape index (κ3) is 2.79. The van der Waals surface area contributed by atoms with Gasteiger partial charge in [0.25, 0.3) is 0 Å². The van der Waals surface area contributed by atoms with E-state index in [0.717, 1.165) is 17.5 Å². The number of hydrogen-bond donors (Lipinski definition) is 2. The Morgan fingerprint density at radius 1 is 1.53 bits per heavy atom. The normalized spacial score (nSPS) is 12.3. The van der Waals surface area contributed by atoms with Crippen LogP contribution in [0, 0.1) is 6.92 Å². The molecule has 0 aliphatic rings. The summed E-state index contributed by atoms with van der Waals surface area (Å²) in [4.78, 5) is 10.7. The second-order valence-electron chi connectivity index (χ2n) is 3.60. The van der Waals surface area contributed by atoms with Gasteiger partial charge >= 0.3 is 0 Å². The van der Waals surface area contributed by atoms with Crippen LogP contribution in [0.25, 0.3) is 0 Å². The van der Waals surface area contributed by atoms with Crippen molar-refractivity contribution in [3.8, 4) is 0 Å².